The number of hydrogen-bond acceptors (Lipinski definition) is 8. The number of rotatable bonds is 7. The van der Waals surface area contributed by atoms with Crippen LogP contribution in [-0.2, 0) is 12.0 Å². The molecule has 1 atom stereocenters. The molecule has 154 valence electrons. The van der Waals surface area contributed by atoms with Gasteiger partial charge in [0.2, 0.25) is 5.88 Å². The van der Waals surface area contributed by atoms with E-state index in [9.17, 15) is 9.18 Å². The first-order valence-corrected chi connectivity index (χ1v) is 10.1. The number of hydrogen-bond donors (Lipinski definition) is 1. The predicted molar refractivity (Wildman–Crippen MR) is 111 cm³/mol. The summed E-state index contributed by atoms with van der Waals surface area (Å²) in [5, 5.41) is 0.551. The van der Waals surface area contributed by atoms with Gasteiger partial charge in [-0.15, -0.1) is 0 Å². The molecule has 3 rings (SSSR count). The normalized spacial score (nSPS) is 20.8. The summed E-state index contributed by atoms with van der Waals surface area (Å²) in [5.41, 5.74) is 7.45. The number of halogens is 1. The van der Waals surface area contributed by atoms with Crippen LogP contribution in [0.25, 0.3) is 0 Å². The number of aromatic nitrogens is 3. The Balaban J connectivity index is 1.76. The van der Waals surface area contributed by atoms with Crippen LogP contribution in [0.4, 0.5) is 4.39 Å². The molecule has 0 spiro atoms. The molecule has 29 heavy (non-hydrogen) atoms. The molecule has 9 heteroatoms. The highest BCUT2D eigenvalue weighted by Gasteiger charge is 2.39. The lowest BCUT2D eigenvalue weighted by molar-refractivity contribution is 0.0987. The molecular weight excluding hydrogens is 393 g/mol. The summed E-state index contributed by atoms with van der Waals surface area (Å²) in [6.07, 6.45) is 7.02. The van der Waals surface area contributed by atoms with E-state index < -0.39 is 12.2 Å². The lowest BCUT2D eigenvalue weighted by atomic mass is 9.84. The maximum absolute atomic E-state index is 12.6. The molecule has 2 N–H and O–H groups in total. The number of thioether (sulfide) groups is 1. The highest BCUT2D eigenvalue weighted by Crippen LogP contribution is 2.44. The Bertz CT molecular complexity index is 919. The Morgan fingerprint density at radius 3 is 2.69 bits per heavy atom. The Labute approximate surface area is 173 Å². The molecule has 0 bridgehead atoms. The van der Waals surface area contributed by atoms with Crippen molar-refractivity contribution in [3.8, 4) is 5.88 Å². The molecule has 7 nitrogen and oxygen atoms in total. The van der Waals surface area contributed by atoms with E-state index in [1.165, 1.54) is 12.4 Å². The molecule has 3 heterocycles. The second-order valence-corrected chi connectivity index (χ2v) is 9.45. The van der Waals surface area contributed by atoms with Gasteiger partial charge in [-0.3, -0.25) is 14.8 Å². The first kappa shape index (κ1) is 21.2. The zero-order chi connectivity index (χ0) is 21.1. The summed E-state index contributed by atoms with van der Waals surface area (Å²) >= 11 is 1.57. The number of aliphatic imine (C=N–C) groups is 1. The smallest absolute Gasteiger partial charge is 0.232 e. The fourth-order valence-corrected chi connectivity index (χ4v) is 4.62. The van der Waals surface area contributed by atoms with Crippen LogP contribution in [-0.4, -0.2) is 43.9 Å². The van der Waals surface area contributed by atoms with Gasteiger partial charge in [-0.2, -0.15) is 0 Å². The minimum Gasteiger partial charge on any atom is -0.474 e. The fourth-order valence-electron chi connectivity index (χ4n) is 3.45. The molecule has 0 fully saturated rings. The van der Waals surface area contributed by atoms with E-state index in [1.54, 1.807) is 24.2 Å². The third-order valence-electron chi connectivity index (χ3n) is 4.53. The standard InChI is InChI=1S/C20H24FN5O2S/c1-19(2)12-20(3,26-18(22)29-19)14-6-13(8-23-9-14)7-16(27)15-10-25-17(11-24-15)28-5-4-21/h6,8-11H,4-5,7,12H2,1-3H3,(H2,22,26)/t20-/m0/s1. The summed E-state index contributed by atoms with van der Waals surface area (Å²) in [5.74, 6) is -0.00906. The monoisotopic (exact) mass is 417 g/mol. The van der Waals surface area contributed by atoms with Crippen molar-refractivity contribution in [2.75, 3.05) is 13.3 Å². The molecule has 0 radical (unpaired) electrons. The molecule has 1 aliphatic rings. The number of nitrogens with zero attached hydrogens (tertiary/aromatic N) is 4. The van der Waals surface area contributed by atoms with Crippen molar-refractivity contribution in [1.82, 2.24) is 15.0 Å². The van der Waals surface area contributed by atoms with Crippen LogP contribution in [0.3, 0.4) is 0 Å². The zero-order valence-electron chi connectivity index (χ0n) is 16.7. The van der Waals surface area contributed by atoms with E-state index in [0.717, 1.165) is 17.5 Å². The largest absolute Gasteiger partial charge is 0.474 e. The minimum absolute atomic E-state index is 0.0477. The number of nitrogens with two attached hydrogens (primary N) is 1. The Kier molecular flexibility index (Phi) is 6.16. The van der Waals surface area contributed by atoms with Crippen LogP contribution in [0.2, 0.25) is 0 Å². The van der Waals surface area contributed by atoms with Crippen molar-refractivity contribution in [3.63, 3.8) is 0 Å². The van der Waals surface area contributed by atoms with E-state index in [2.05, 4.69) is 33.8 Å². The van der Waals surface area contributed by atoms with Gasteiger partial charge in [-0.05, 0) is 30.5 Å². The predicted octanol–water partition coefficient (Wildman–Crippen LogP) is 3.09. The van der Waals surface area contributed by atoms with Gasteiger partial charge in [0.05, 0.1) is 17.9 Å². The van der Waals surface area contributed by atoms with E-state index in [1.807, 2.05) is 13.0 Å². The SMILES string of the molecule is CC1(C)C[C@@](C)(c2cncc(CC(=O)c3cnc(OCCF)cn3)c2)N=C(N)S1. The van der Waals surface area contributed by atoms with Gasteiger partial charge >= 0.3 is 0 Å². The minimum atomic E-state index is -0.615. The molecule has 0 amide bonds. The number of Topliss-reactive ketones (excluding diaryl/α,β-unsaturated/α-hetero) is 1. The average Bonchev–Trinajstić information content (AvgIpc) is 2.65. The van der Waals surface area contributed by atoms with Crippen molar-refractivity contribution in [2.45, 2.75) is 43.9 Å². The van der Waals surface area contributed by atoms with E-state index in [-0.39, 0.29) is 35.1 Å². The first-order chi connectivity index (χ1) is 13.7. The van der Waals surface area contributed by atoms with Crippen LogP contribution in [0.5, 0.6) is 5.88 Å². The number of carbonyl (C=O) groups excluding carboxylic acids is 1. The topological polar surface area (TPSA) is 103 Å². The molecular formula is C20H24FN5O2S. The van der Waals surface area contributed by atoms with Gasteiger partial charge in [0.1, 0.15) is 19.0 Å². The number of ketones is 1. The van der Waals surface area contributed by atoms with Gasteiger partial charge in [0.15, 0.2) is 11.0 Å². The maximum atomic E-state index is 12.6. The number of carbonyl (C=O) groups is 1. The number of pyridine rings is 1. The van der Waals surface area contributed by atoms with E-state index in [4.69, 9.17) is 10.5 Å². The van der Waals surface area contributed by atoms with Crippen LogP contribution in [0.1, 0.15) is 48.8 Å². The Hall–Kier alpha value is -2.55. The third kappa shape index (κ3) is 5.29. The summed E-state index contributed by atoms with van der Waals surface area (Å²) in [6, 6.07) is 1.94. The van der Waals surface area contributed by atoms with Crippen LogP contribution in [0.15, 0.2) is 35.8 Å². The Morgan fingerprint density at radius 1 is 1.24 bits per heavy atom. The van der Waals surface area contributed by atoms with Crippen molar-refractivity contribution in [1.29, 1.82) is 0 Å². The Morgan fingerprint density at radius 2 is 2.03 bits per heavy atom. The molecule has 2 aromatic rings. The number of amidine groups is 1. The lowest BCUT2D eigenvalue weighted by Gasteiger charge is -2.39. The second-order valence-electron chi connectivity index (χ2n) is 7.72. The van der Waals surface area contributed by atoms with Crippen LogP contribution >= 0.6 is 11.8 Å². The van der Waals surface area contributed by atoms with Gasteiger partial charge in [0, 0.05) is 23.6 Å². The quantitative estimate of drug-likeness (QED) is 0.691. The van der Waals surface area contributed by atoms with Crippen molar-refractivity contribution in [2.24, 2.45) is 10.7 Å². The van der Waals surface area contributed by atoms with Crippen molar-refractivity contribution >= 4 is 22.7 Å². The van der Waals surface area contributed by atoms with Crippen LogP contribution in [0, 0.1) is 0 Å². The van der Waals surface area contributed by atoms with Gasteiger partial charge in [-0.1, -0.05) is 25.6 Å². The van der Waals surface area contributed by atoms with E-state index >= 15 is 0 Å². The molecule has 0 saturated heterocycles. The first-order valence-electron chi connectivity index (χ1n) is 9.23. The van der Waals surface area contributed by atoms with Crippen molar-refractivity contribution in [3.05, 3.63) is 47.7 Å². The highest BCUT2D eigenvalue weighted by molar-refractivity contribution is 8.15. The molecule has 1 aliphatic heterocycles. The third-order valence-corrected chi connectivity index (χ3v) is 5.53. The van der Waals surface area contributed by atoms with Gasteiger partial charge in [0.25, 0.3) is 0 Å². The van der Waals surface area contributed by atoms with Gasteiger partial charge < -0.3 is 10.5 Å². The fraction of sp³-hybridized carbons (Fsp3) is 0.450. The molecule has 2 aromatic heterocycles. The number of ether oxygens (including phenoxy) is 1. The van der Waals surface area contributed by atoms with Crippen LogP contribution < -0.4 is 10.5 Å². The van der Waals surface area contributed by atoms with Gasteiger partial charge in [-0.25, -0.2) is 14.4 Å². The molecule has 0 aliphatic carbocycles. The zero-order valence-corrected chi connectivity index (χ0v) is 17.5. The average molecular weight is 418 g/mol. The molecule has 0 saturated carbocycles. The summed E-state index contributed by atoms with van der Waals surface area (Å²) < 4.78 is 17.1. The summed E-state index contributed by atoms with van der Waals surface area (Å²) in [6.45, 7) is 5.60. The highest BCUT2D eigenvalue weighted by atomic mass is 32.2. The summed E-state index contributed by atoms with van der Waals surface area (Å²) in [4.78, 5) is 29.6. The lowest BCUT2D eigenvalue weighted by Crippen LogP contribution is -2.38. The van der Waals surface area contributed by atoms with Crippen molar-refractivity contribution < 1.29 is 13.9 Å². The number of alkyl halides is 1. The molecule has 0 aromatic carbocycles. The van der Waals surface area contributed by atoms with E-state index in [0.29, 0.717) is 5.17 Å². The summed E-state index contributed by atoms with van der Waals surface area (Å²) in [7, 11) is 0. The molecule has 0 unspecified atom stereocenters. The second kappa shape index (κ2) is 8.44. The maximum Gasteiger partial charge on any atom is 0.232 e.